The number of nitrogens with zero attached hydrogens (tertiary/aromatic N) is 5. The van der Waals surface area contributed by atoms with Gasteiger partial charge in [0, 0.05) is 10.8 Å². The number of thioether (sulfide) groups is 1. The van der Waals surface area contributed by atoms with Gasteiger partial charge in [-0.3, -0.25) is 4.57 Å². The van der Waals surface area contributed by atoms with Crippen LogP contribution in [0.4, 0.5) is 0 Å². The van der Waals surface area contributed by atoms with Crippen molar-refractivity contribution >= 4 is 34.4 Å². The van der Waals surface area contributed by atoms with Crippen LogP contribution in [0.25, 0.3) is 16.7 Å². The van der Waals surface area contributed by atoms with E-state index in [0.29, 0.717) is 5.75 Å². The first kappa shape index (κ1) is 17.0. The molecule has 0 saturated carbocycles. The summed E-state index contributed by atoms with van der Waals surface area (Å²) in [6, 6.07) is 13.8. The molecule has 0 radical (unpaired) electrons. The lowest BCUT2D eigenvalue weighted by Gasteiger charge is -2.09. The van der Waals surface area contributed by atoms with Crippen molar-refractivity contribution in [2.75, 3.05) is 0 Å². The third kappa shape index (κ3) is 3.30. The van der Waals surface area contributed by atoms with Crippen LogP contribution in [0.15, 0.2) is 53.9 Å². The number of aryl methyl sites for hydroxylation is 2. The van der Waals surface area contributed by atoms with E-state index in [1.165, 1.54) is 0 Å². The Hall–Kier alpha value is -2.44. The van der Waals surface area contributed by atoms with Gasteiger partial charge in [-0.1, -0.05) is 41.6 Å². The zero-order chi connectivity index (χ0) is 18.1. The fourth-order valence-corrected chi connectivity index (χ4v) is 3.74. The number of fused-ring (bicyclic) bond motifs is 1. The largest absolute Gasteiger partial charge is 0.277 e. The molecular formula is C19H16ClN5S. The highest BCUT2D eigenvalue weighted by molar-refractivity contribution is 7.98. The van der Waals surface area contributed by atoms with Gasteiger partial charge in [0.25, 0.3) is 0 Å². The quantitative estimate of drug-likeness (QED) is 0.476. The van der Waals surface area contributed by atoms with Crippen LogP contribution in [0.2, 0.25) is 5.02 Å². The van der Waals surface area contributed by atoms with Crippen molar-refractivity contribution in [3.63, 3.8) is 0 Å². The molecule has 0 atom stereocenters. The highest BCUT2D eigenvalue weighted by atomic mass is 35.5. The normalized spacial score (nSPS) is 11.2. The molecule has 0 aliphatic rings. The summed E-state index contributed by atoms with van der Waals surface area (Å²) in [6.07, 6.45) is 1.70. The smallest absolute Gasteiger partial charge is 0.195 e. The summed E-state index contributed by atoms with van der Waals surface area (Å²) in [5, 5.41) is 9.80. The first-order valence-corrected chi connectivity index (χ1v) is 9.50. The van der Waals surface area contributed by atoms with Crippen LogP contribution in [0.3, 0.4) is 0 Å². The van der Waals surface area contributed by atoms with Gasteiger partial charge in [-0.15, -0.1) is 10.2 Å². The maximum absolute atomic E-state index is 6.25. The Labute approximate surface area is 160 Å². The van der Waals surface area contributed by atoms with Crippen molar-refractivity contribution < 1.29 is 0 Å². The van der Waals surface area contributed by atoms with Crippen LogP contribution in [0.1, 0.15) is 17.0 Å². The second kappa shape index (κ2) is 7.05. The molecular weight excluding hydrogens is 366 g/mol. The van der Waals surface area contributed by atoms with Gasteiger partial charge in [-0.2, -0.15) is 0 Å². The molecule has 0 amide bonds. The average Bonchev–Trinajstić information content (AvgIpc) is 3.11. The van der Waals surface area contributed by atoms with Crippen LogP contribution in [0.5, 0.6) is 0 Å². The molecule has 2 aromatic carbocycles. The number of benzene rings is 2. The maximum atomic E-state index is 6.25. The van der Waals surface area contributed by atoms with E-state index >= 15 is 0 Å². The van der Waals surface area contributed by atoms with Gasteiger partial charge in [0.1, 0.15) is 6.33 Å². The molecule has 0 saturated heterocycles. The standard InChI is InChI=1S/C19H16ClN5S/c1-12-7-8-14(9-15(12)20)25-11-21-24-19(25)26-10-18-13(2)22-16-5-3-4-6-17(16)23-18/h3-9,11H,10H2,1-2H3. The third-order valence-electron chi connectivity index (χ3n) is 4.13. The zero-order valence-corrected chi connectivity index (χ0v) is 15.9. The van der Waals surface area contributed by atoms with Crippen molar-refractivity contribution in [3.05, 3.63) is 70.8 Å². The predicted molar refractivity (Wildman–Crippen MR) is 105 cm³/mol. The summed E-state index contributed by atoms with van der Waals surface area (Å²) in [7, 11) is 0. The molecule has 4 aromatic rings. The van der Waals surface area contributed by atoms with Crippen LogP contribution in [0, 0.1) is 13.8 Å². The monoisotopic (exact) mass is 381 g/mol. The van der Waals surface area contributed by atoms with Crippen molar-refractivity contribution in [1.29, 1.82) is 0 Å². The minimum Gasteiger partial charge on any atom is -0.277 e. The molecule has 26 heavy (non-hydrogen) atoms. The van der Waals surface area contributed by atoms with E-state index in [2.05, 4.69) is 15.2 Å². The molecule has 7 heteroatoms. The summed E-state index contributed by atoms with van der Waals surface area (Å²) >= 11 is 7.83. The van der Waals surface area contributed by atoms with Crippen LogP contribution in [-0.2, 0) is 5.75 Å². The number of halogens is 1. The van der Waals surface area contributed by atoms with Crippen molar-refractivity contribution in [2.45, 2.75) is 24.8 Å². The van der Waals surface area contributed by atoms with E-state index in [4.69, 9.17) is 16.6 Å². The Kier molecular flexibility index (Phi) is 4.61. The van der Waals surface area contributed by atoms with Crippen LogP contribution in [-0.4, -0.2) is 24.7 Å². The lowest BCUT2D eigenvalue weighted by atomic mass is 10.2. The summed E-state index contributed by atoms with van der Waals surface area (Å²) in [6.45, 7) is 3.97. The first-order chi connectivity index (χ1) is 12.6. The van der Waals surface area contributed by atoms with Gasteiger partial charge < -0.3 is 0 Å². The minimum atomic E-state index is 0.669. The van der Waals surface area contributed by atoms with E-state index < -0.39 is 0 Å². The summed E-state index contributed by atoms with van der Waals surface area (Å²) < 4.78 is 1.93. The molecule has 0 fully saturated rings. The van der Waals surface area contributed by atoms with Gasteiger partial charge in [0.2, 0.25) is 0 Å². The Balaban J connectivity index is 1.60. The highest BCUT2D eigenvalue weighted by Crippen LogP contribution is 2.26. The van der Waals surface area contributed by atoms with Gasteiger partial charge >= 0.3 is 0 Å². The molecule has 5 nitrogen and oxygen atoms in total. The van der Waals surface area contributed by atoms with Gasteiger partial charge in [0.05, 0.1) is 28.1 Å². The Morgan fingerprint density at radius 3 is 2.58 bits per heavy atom. The fraction of sp³-hybridized carbons (Fsp3) is 0.158. The minimum absolute atomic E-state index is 0.669. The lowest BCUT2D eigenvalue weighted by molar-refractivity contribution is 0.882. The first-order valence-electron chi connectivity index (χ1n) is 8.13. The molecule has 0 unspecified atom stereocenters. The molecule has 130 valence electrons. The molecule has 0 aliphatic carbocycles. The number of hydrogen-bond acceptors (Lipinski definition) is 5. The van der Waals surface area contributed by atoms with Crippen LogP contribution < -0.4 is 0 Å². The molecule has 2 aromatic heterocycles. The zero-order valence-electron chi connectivity index (χ0n) is 14.3. The molecule has 0 spiro atoms. The van der Waals surface area contributed by atoms with Gasteiger partial charge in [0.15, 0.2) is 5.16 Å². The fourth-order valence-electron chi connectivity index (χ4n) is 2.63. The van der Waals surface area contributed by atoms with Gasteiger partial charge in [-0.05, 0) is 43.7 Å². The van der Waals surface area contributed by atoms with Crippen molar-refractivity contribution in [1.82, 2.24) is 24.7 Å². The molecule has 0 aliphatic heterocycles. The van der Waals surface area contributed by atoms with Crippen LogP contribution >= 0.6 is 23.4 Å². The van der Waals surface area contributed by atoms with E-state index in [1.54, 1.807) is 18.1 Å². The second-order valence-electron chi connectivity index (χ2n) is 5.95. The lowest BCUT2D eigenvalue weighted by Crippen LogP contribution is -1.99. The summed E-state index contributed by atoms with van der Waals surface area (Å²) in [5.41, 5.74) is 5.68. The van der Waals surface area contributed by atoms with Gasteiger partial charge in [-0.25, -0.2) is 9.97 Å². The van der Waals surface area contributed by atoms with E-state index in [-0.39, 0.29) is 0 Å². The highest BCUT2D eigenvalue weighted by Gasteiger charge is 2.11. The van der Waals surface area contributed by atoms with Crippen molar-refractivity contribution in [3.8, 4) is 5.69 Å². The van der Waals surface area contributed by atoms with E-state index in [1.807, 2.05) is 60.9 Å². The molecule has 0 bridgehead atoms. The average molecular weight is 382 g/mol. The second-order valence-corrected chi connectivity index (χ2v) is 7.30. The Bertz CT molecular complexity index is 1090. The number of aromatic nitrogens is 5. The molecule has 4 rings (SSSR count). The third-order valence-corrected chi connectivity index (χ3v) is 5.49. The summed E-state index contributed by atoms with van der Waals surface area (Å²) in [5.74, 6) is 0.669. The van der Waals surface area contributed by atoms with E-state index in [0.717, 1.165) is 43.9 Å². The Morgan fingerprint density at radius 2 is 1.81 bits per heavy atom. The van der Waals surface area contributed by atoms with E-state index in [9.17, 15) is 0 Å². The predicted octanol–water partition coefficient (Wildman–Crippen LogP) is 4.77. The Morgan fingerprint density at radius 1 is 1.04 bits per heavy atom. The topological polar surface area (TPSA) is 56.5 Å². The molecule has 0 N–H and O–H groups in total. The van der Waals surface area contributed by atoms with Crippen molar-refractivity contribution in [2.24, 2.45) is 0 Å². The number of hydrogen-bond donors (Lipinski definition) is 0. The maximum Gasteiger partial charge on any atom is 0.195 e. The SMILES string of the molecule is Cc1ccc(-n2cnnc2SCc2nc3ccccc3nc2C)cc1Cl. The number of rotatable bonds is 4. The number of para-hydroxylation sites is 2. The molecule has 2 heterocycles. The summed E-state index contributed by atoms with van der Waals surface area (Å²) in [4.78, 5) is 9.38.